The quantitative estimate of drug-likeness (QED) is 0.701. The largest absolute Gasteiger partial charge is 0.337 e. The van der Waals surface area contributed by atoms with Gasteiger partial charge in [0.2, 0.25) is 0 Å². The van der Waals surface area contributed by atoms with Crippen LogP contribution < -0.4 is 0 Å². The molecule has 0 saturated carbocycles. The third-order valence-electron chi connectivity index (χ3n) is 2.40. The molecule has 0 unspecified atom stereocenters. The average Bonchev–Trinajstić information content (AvgIpc) is 2.82. The van der Waals surface area contributed by atoms with Crippen molar-refractivity contribution in [2.24, 2.45) is 0 Å². The van der Waals surface area contributed by atoms with Crippen LogP contribution >= 0.6 is 11.3 Å². The van der Waals surface area contributed by atoms with Crippen LogP contribution in [0.1, 0.15) is 5.69 Å². The number of aromatic nitrogens is 3. The van der Waals surface area contributed by atoms with Gasteiger partial charge < -0.3 is 4.98 Å². The fourth-order valence-electron chi connectivity index (χ4n) is 1.62. The maximum atomic E-state index is 13.0. The molecule has 0 aliphatic rings. The summed E-state index contributed by atoms with van der Waals surface area (Å²) in [5.74, 6) is 0.490. The first kappa shape index (κ1) is 9.47. The first-order chi connectivity index (χ1) is 7.74. The van der Waals surface area contributed by atoms with Crippen molar-refractivity contribution in [2.45, 2.75) is 6.92 Å². The number of imidazole rings is 1. The standard InChI is InChI=1S/C11H8FN3S/c1-6-10(16-5-13-6)11-14-8-3-2-7(12)4-9(8)15-11/h2-5H,1H3,(H,14,15). The highest BCUT2D eigenvalue weighted by molar-refractivity contribution is 7.13. The van der Waals surface area contributed by atoms with Crippen LogP contribution in [0.3, 0.4) is 0 Å². The second-order valence-electron chi connectivity index (χ2n) is 3.51. The van der Waals surface area contributed by atoms with Gasteiger partial charge in [-0.1, -0.05) is 0 Å². The molecule has 0 fully saturated rings. The van der Waals surface area contributed by atoms with Gasteiger partial charge in [-0.3, -0.25) is 0 Å². The van der Waals surface area contributed by atoms with Gasteiger partial charge in [0.05, 0.1) is 27.1 Å². The monoisotopic (exact) mass is 233 g/mol. The average molecular weight is 233 g/mol. The number of benzene rings is 1. The van der Waals surface area contributed by atoms with Crippen LogP contribution in [0.4, 0.5) is 4.39 Å². The Labute approximate surface area is 95.0 Å². The number of thiazole rings is 1. The summed E-state index contributed by atoms with van der Waals surface area (Å²) >= 11 is 1.52. The fourth-order valence-corrected chi connectivity index (χ4v) is 2.37. The number of H-pyrrole nitrogens is 1. The molecule has 3 nitrogen and oxygen atoms in total. The molecule has 3 rings (SSSR count). The van der Waals surface area contributed by atoms with E-state index < -0.39 is 0 Å². The molecule has 0 aliphatic carbocycles. The Bertz CT molecular complexity index is 656. The SMILES string of the molecule is Cc1ncsc1-c1nc2ccc(F)cc2[nH]1. The van der Waals surface area contributed by atoms with Gasteiger partial charge in [0, 0.05) is 0 Å². The van der Waals surface area contributed by atoms with E-state index in [0.717, 1.165) is 21.9 Å². The molecule has 0 spiro atoms. The van der Waals surface area contributed by atoms with E-state index in [1.165, 1.54) is 23.5 Å². The van der Waals surface area contributed by atoms with Crippen LogP contribution in [-0.4, -0.2) is 15.0 Å². The van der Waals surface area contributed by atoms with Crippen molar-refractivity contribution in [1.29, 1.82) is 0 Å². The second-order valence-corrected chi connectivity index (χ2v) is 4.37. The first-order valence-electron chi connectivity index (χ1n) is 4.80. The zero-order valence-corrected chi connectivity index (χ0v) is 9.31. The van der Waals surface area contributed by atoms with Crippen molar-refractivity contribution in [2.75, 3.05) is 0 Å². The second kappa shape index (κ2) is 3.38. The molecular weight excluding hydrogens is 225 g/mol. The molecular formula is C11H8FN3S. The molecule has 0 atom stereocenters. The lowest BCUT2D eigenvalue weighted by Crippen LogP contribution is -1.79. The van der Waals surface area contributed by atoms with Crippen LogP contribution in [0.25, 0.3) is 21.7 Å². The van der Waals surface area contributed by atoms with E-state index in [2.05, 4.69) is 15.0 Å². The molecule has 2 heterocycles. The molecule has 0 saturated heterocycles. The third-order valence-corrected chi connectivity index (χ3v) is 3.34. The number of hydrogen-bond acceptors (Lipinski definition) is 3. The smallest absolute Gasteiger partial charge is 0.150 e. The van der Waals surface area contributed by atoms with Crippen molar-refractivity contribution in [3.8, 4) is 10.7 Å². The molecule has 2 aromatic heterocycles. The van der Waals surface area contributed by atoms with E-state index in [0.29, 0.717) is 5.52 Å². The number of aryl methyl sites for hydroxylation is 1. The van der Waals surface area contributed by atoms with Crippen LogP contribution in [-0.2, 0) is 0 Å². The molecule has 3 aromatic rings. The van der Waals surface area contributed by atoms with E-state index in [9.17, 15) is 4.39 Å². The number of nitrogens with one attached hydrogen (secondary N) is 1. The predicted molar refractivity (Wildman–Crippen MR) is 61.9 cm³/mol. The maximum Gasteiger partial charge on any atom is 0.150 e. The Kier molecular flexibility index (Phi) is 2.00. The highest BCUT2D eigenvalue weighted by Crippen LogP contribution is 2.26. The van der Waals surface area contributed by atoms with Crippen molar-refractivity contribution in [3.63, 3.8) is 0 Å². The van der Waals surface area contributed by atoms with Gasteiger partial charge in [0.25, 0.3) is 0 Å². The van der Waals surface area contributed by atoms with Gasteiger partial charge in [0.15, 0.2) is 5.82 Å². The summed E-state index contributed by atoms with van der Waals surface area (Å²) in [6.45, 7) is 1.93. The molecule has 0 radical (unpaired) electrons. The van der Waals surface area contributed by atoms with Crippen LogP contribution in [0.15, 0.2) is 23.7 Å². The lowest BCUT2D eigenvalue weighted by atomic mass is 10.3. The lowest BCUT2D eigenvalue weighted by Gasteiger charge is -1.90. The summed E-state index contributed by atoms with van der Waals surface area (Å²) in [6, 6.07) is 4.52. The Morgan fingerprint density at radius 1 is 1.38 bits per heavy atom. The Balaban J connectivity index is 2.23. The highest BCUT2D eigenvalue weighted by atomic mass is 32.1. The van der Waals surface area contributed by atoms with Crippen molar-refractivity contribution in [3.05, 3.63) is 35.2 Å². The molecule has 5 heteroatoms. The normalized spacial score (nSPS) is 11.1. The van der Waals surface area contributed by atoms with Gasteiger partial charge in [0.1, 0.15) is 5.82 Å². The van der Waals surface area contributed by atoms with E-state index in [1.807, 2.05) is 6.92 Å². The third kappa shape index (κ3) is 1.40. The van der Waals surface area contributed by atoms with Gasteiger partial charge >= 0.3 is 0 Å². The van der Waals surface area contributed by atoms with E-state index in [-0.39, 0.29) is 5.82 Å². The number of fused-ring (bicyclic) bond motifs is 1. The minimum absolute atomic E-state index is 0.260. The lowest BCUT2D eigenvalue weighted by molar-refractivity contribution is 0.629. The molecule has 0 aliphatic heterocycles. The Morgan fingerprint density at radius 2 is 2.25 bits per heavy atom. The maximum absolute atomic E-state index is 13.0. The predicted octanol–water partition coefficient (Wildman–Crippen LogP) is 3.13. The van der Waals surface area contributed by atoms with E-state index in [1.54, 1.807) is 11.6 Å². The molecule has 0 amide bonds. The summed E-state index contributed by atoms with van der Waals surface area (Å²) in [4.78, 5) is 12.7. The van der Waals surface area contributed by atoms with E-state index >= 15 is 0 Å². The van der Waals surface area contributed by atoms with Crippen LogP contribution in [0.5, 0.6) is 0 Å². The molecule has 0 bridgehead atoms. The molecule has 80 valence electrons. The first-order valence-corrected chi connectivity index (χ1v) is 5.68. The van der Waals surface area contributed by atoms with Gasteiger partial charge in [-0.2, -0.15) is 0 Å². The summed E-state index contributed by atoms with van der Waals surface area (Å²) in [7, 11) is 0. The number of nitrogens with zero attached hydrogens (tertiary/aromatic N) is 2. The summed E-state index contributed by atoms with van der Waals surface area (Å²) < 4.78 is 13.0. The highest BCUT2D eigenvalue weighted by Gasteiger charge is 2.10. The Morgan fingerprint density at radius 3 is 3.00 bits per heavy atom. The number of halogens is 1. The van der Waals surface area contributed by atoms with Crippen molar-refractivity contribution in [1.82, 2.24) is 15.0 Å². The minimum atomic E-state index is -0.260. The number of hydrogen-bond donors (Lipinski definition) is 1. The van der Waals surface area contributed by atoms with Crippen molar-refractivity contribution < 1.29 is 4.39 Å². The number of aromatic amines is 1. The molecule has 1 N–H and O–H groups in total. The summed E-state index contributed by atoms with van der Waals surface area (Å²) in [5.41, 5.74) is 4.19. The van der Waals surface area contributed by atoms with E-state index in [4.69, 9.17) is 0 Å². The van der Waals surface area contributed by atoms with Crippen LogP contribution in [0.2, 0.25) is 0 Å². The zero-order chi connectivity index (χ0) is 11.1. The van der Waals surface area contributed by atoms with Crippen LogP contribution in [0, 0.1) is 12.7 Å². The topological polar surface area (TPSA) is 41.6 Å². The molecule has 16 heavy (non-hydrogen) atoms. The number of rotatable bonds is 1. The summed E-state index contributed by atoms with van der Waals surface area (Å²) in [5, 5.41) is 0. The van der Waals surface area contributed by atoms with Gasteiger partial charge in [-0.25, -0.2) is 14.4 Å². The molecule has 1 aromatic carbocycles. The fraction of sp³-hybridized carbons (Fsp3) is 0.0909. The van der Waals surface area contributed by atoms with Gasteiger partial charge in [-0.05, 0) is 25.1 Å². The zero-order valence-electron chi connectivity index (χ0n) is 8.49. The summed E-state index contributed by atoms with van der Waals surface area (Å²) in [6.07, 6.45) is 0. The van der Waals surface area contributed by atoms with Gasteiger partial charge in [-0.15, -0.1) is 11.3 Å². The Hall–Kier alpha value is -1.75. The minimum Gasteiger partial charge on any atom is -0.337 e. The van der Waals surface area contributed by atoms with Crippen molar-refractivity contribution >= 4 is 22.4 Å².